The molecule has 112 valence electrons. The number of hydrogen-bond acceptors (Lipinski definition) is 4. The van der Waals surface area contributed by atoms with E-state index in [0.29, 0.717) is 10.7 Å². The highest BCUT2D eigenvalue weighted by molar-refractivity contribution is 7.99. The molecule has 1 N–H and O–H groups in total. The fourth-order valence-electron chi connectivity index (χ4n) is 2.24. The lowest BCUT2D eigenvalue weighted by atomic mass is 10.2. The third kappa shape index (κ3) is 3.00. The lowest BCUT2D eigenvalue weighted by molar-refractivity contribution is 0.102. The summed E-state index contributed by atoms with van der Waals surface area (Å²) >= 11 is 3.17. The monoisotopic (exact) mass is 328 g/mol. The number of anilines is 1. The van der Waals surface area contributed by atoms with Crippen LogP contribution in [0, 0.1) is 6.92 Å². The molecule has 3 rings (SSSR count). The van der Waals surface area contributed by atoms with E-state index in [0.717, 1.165) is 26.4 Å². The number of nitrogens with one attached hydrogen (secondary N) is 1. The molecule has 0 saturated carbocycles. The van der Waals surface area contributed by atoms with Crippen LogP contribution in [-0.4, -0.2) is 16.6 Å². The number of nitrogens with zero attached hydrogens (tertiary/aromatic N) is 1. The second kappa shape index (κ2) is 6.50. The normalized spacial score (nSPS) is 10.8. The van der Waals surface area contributed by atoms with Crippen LogP contribution < -0.4 is 5.32 Å². The number of amides is 1. The Bertz CT molecular complexity index is 826. The second-order valence-corrected chi connectivity index (χ2v) is 7.16. The molecular formula is C17H16N2OS2. The molecule has 0 radical (unpaired) electrons. The van der Waals surface area contributed by atoms with E-state index in [1.807, 2.05) is 49.4 Å². The summed E-state index contributed by atoms with van der Waals surface area (Å²) in [5.41, 5.74) is 2.78. The Morgan fingerprint density at radius 3 is 2.82 bits per heavy atom. The molecule has 3 aromatic rings. The largest absolute Gasteiger partial charge is 0.298 e. The Kier molecular flexibility index (Phi) is 4.45. The van der Waals surface area contributed by atoms with Crippen molar-refractivity contribution in [2.45, 2.75) is 18.7 Å². The molecule has 1 aromatic heterocycles. The number of carbonyl (C=O) groups excluding carboxylic acids is 1. The maximum atomic E-state index is 12.5. The summed E-state index contributed by atoms with van der Waals surface area (Å²) in [6.07, 6.45) is 0. The highest BCUT2D eigenvalue weighted by Crippen LogP contribution is 2.29. The van der Waals surface area contributed by atoms with Gasteiger partial charge in [0.15, 0.2) is 5.13 Å². The van der Waals surface area contributed by atoms with Crippen molar-refractivity contribution < 1.29 is 4.79 Å². The summed E-state index contributed by atoms with van der Waals surface area (Å²) < 4.78 is 1.09. The third-order valence-corrected chi connectivity index (χ3v) is 5.16. The van der Waals surface area contributed by atoms with Crippen LogP contribution >= 0.6 is 23.1 Å². The molecule has 0 spiro atoms. The molecule has 0 fully saturated rings. The third-order valence-electron chi connectivity index (χ3n) is 3.27. The lowest BCUT2D eigenvalue weighted by Gasteiger charge is -2.07. The summed E-state index contributed by atoms with van der Waals surface area (Å²) in [6.45, 7) is 4.11. The number of para-hydroxylation sites is 1. The molecule has 5 heteroatoms. The molecule has 3 nitrogen and oxygen atoms in total. The highest BCUT2D eigenvalue weighted by atomic mass is 32.2. The van der Waals surface area contributed by atoms with Gasteiger partial charge < -0.3 is 0 Å². The Labute approximate surface area is 137 Å². The Morgan fingerprint density at radius 1 is 1.23 bits per heavy atom. The Hall–Kier alpha value is -1.85. The number of aryl methyl sites for hydroxylation is 1. The van der Waals surface area contributed by atoms with Gasteiger partial charge in [-0.25, -0.2) is 4.98 Å². The summed E-state index contributed by atoms with van der Waals surface area (Å²) in [5, 5.41) is 3.57. The van der Waals surface area contributed by atoms with Gasteiger partial charge in [0.2, 0.25) is 0 Å². The summed E-state index contributed by atoms with van der Waals surface area (Å²) in [6, 6.07) is 13.7. The minimum absolute atomic E-state index is 0.103. The van der Waals surface area contributed by atoms with Crippen molar-refractivity contribution >= 4 is 44.4 Å². The van der Waals surface area contributed by atoms with Crippen LogP contribution in [0.25, 0.3) is 10.2 Å². The van der Waals surface area contributed by atoms with E-state index in [1.165, 1.54) is 11.3 Å². The van der Waals surface area contributed by atoms with Crippen molar-refractivity contribution in [2.75, 3.05) is 11.1 Å². The number of aromatic nitrogens is 1. The minimum Gasteiger partial charge on any atom is -0.298 e. The van der Waals surface area contributed by atoms with Crippen molar-refractivity contribution in [3.8, 4) is 0 Å². The molecule has 0 unspecified atom stereocenters. The van der Waals surface area contributed by atoms with Crippen molar-refractivity contribution in [1.82, 2.24) is 4.98 Å². The molecule has 1 amide bonds. The van der Waals surface area contributed by atoms with Crippen molar-refractivity contribution in [3.63, 3.8) is 0 Å². The SMILES string of the molecule is CCSc1ccccc1C(=O)Nc1nc2c(C)cccc2s1. The molecular weight excluding hydrogens is 312 g/mol. The molecule has 0 atom stereocenters. The zero-order valence-electron chi connectivity index (χ0n) is 12.4. The fourth-order valence-corrected chi connectivity index (χ4v) is 3.98. The van der Waals surface area contributed by atoms with Crippen molar-refractivity contribution in [3.05, 3.63) is 53.6 Å². The predicted octanol–water partition coefficient (Wildman–Crippen LogP) is 4.97. The van der Waals surface area contributed by atoms with Crippen molar-refractivity contribution in [2.24, 2.45) is 0 Å². The first-order chi connectivity index (χ1) is 10.7. The number of fused-ring (bicyclic) bond motifs is 1. The van der Waals surface area contributed by atoms with Gasteiger partial charge in [0.1, 0.15) is 0 Å². The number of thiazole rings is 1. The van der Waals surface area contributed by atoms with Gasteiger partial charge in [0.25, 0.3) is 5.91 Å². The number of carbonyl (C=O) groups is 1. The first kappa shape index (κ1) is 15.1. The Balaban J connectivity index is 1.88. The highest BCUT2D eigenvalue weighted by Gasteiger charge is 2.13. The molecule has 0 aliphatic rings. The van der Waals surface area contributed by atoms with Crippen LogP contribution in [0.15, 0.2) is 47.4 Å². The number of thioether (sulfide) groups is 1. The average Bonchev–Trinajstić information content (AvgIpc) is 2.92. The topological polar surface area (TPSA) is 42.0 Å². The van der Waals surface area contributed by atoms with Gasteiger partial charge in [-0.15, -0.1) is 11.8 Å². The van der Waals surface area contributed by atoms with E-state index in [4.69, 9.17) is 0 Å². The second-order valence-electron chi connectivity index (χ2n) is 4.82. The van der Waals surface area contributed by atoms with Crippen LogP contribution in [0.5, 0.6) is 0 Å². The molecule has 0 bridgehead atoms. The van der Waals surface area contributed by atoms with Gasteiger partial charge in [-0.3, -0.25) is 10.1 Å². The van der Waals surface area contributed by atoms with Crippen molar-refractivity contribution in [1.29, 1.82) is 0 Å². The zero-order valence-corrected chi connectivity index (χ0v) is 14.1. The number of hydrogen-bond donors (Lipinski definition) is 1. The molecule has 0 aliphatic carbocycles. The first-order valence-electron chi connectivity index (χ1n) is 7.08. The quantitative estimate of drug-likeness (QED) is 0.688. The number of benzene rings is 2. The number of rotatable bonds is 4. The van der Waals surface area contributed by atoms with E-state index in [9.17, 15) is 4.79 Å². The standard InChI is InChI=1S/C17H16N2OS2/c1-3-21-13-9-5-4-8-12(13)16(20)19-17-18-15-11(2)7-6-10-14(15)22-17/h4-10H,3H2,1-2H3,(H,18,19,20). The smallest absolute Gasteiger partial charge is 0.258 e. The zero-order chi connectivity index (χ0) is 15.5. The molecule has 1 heterocycles. The van der Waals surface area contributed by atoms with Gasteiger partial charge in [-0.05, 0) is 36.4 Å². The van der Waals surface area contributed by atoms with Crippen LogP contribution in [0.2, 0.25) is 0 Å². The van der Waals surface area contributed by atoms with Gasteiger partial charge >= 0.3 is 0 Å². The van der Waals surface area contributed by atoms with Crippen LogP contribution in [0.4, 0.5) is 5.13 Å². The van der Waals surface area contributed by atoms with E-state index in [1.54, 1.807) is 11.8 Å². The first-order valence-corrected chi connectivity index (χ1v) is 8.88. The van der Waals surface area contributed by atoms with E-state index < -0.39 is 0 Å². The minimum atomic E-state index is -0.103. The van der Waals surface area contributed by atoms with Crippen LogP contribution in [0.3, 0.4) is 0 Å². The van der Waals surface area contributed by atoms with Gasteiger partial charge in [-0.2, -0.15) is 0 Å². The summed E-state index contributed by atoms with van der Waals surface area (Å²) in [7, 11) is 0. The van der Waals surface area contributed by atoms with Gasteiger partial charge in [0, 0.05) is 4.90 Å². The molecule has 0 aliphatic heterocycles. The van der Waals surface area contributed by atoms with Gasteiger partial charge in [0.05, 0.1) is 15.8 Å². The average molecular weight is 328 g/mol. The van der Waals surface area contributed by atoms with E-state index >= 15 is 0 Å². The molecule has 2 aromatic carbocycles. The fraction of sp³-hybridized carbons (Fsp3) is 0.176. The van der Waals surface area contributed by atoms with Crippen LogP contribution in [0.1, 0.15) is 22.8 Å². The van der Waals surface area contributed by atoms with E-state index in [2.05, 4.69) is 17.2 Å². The maximum absolute atomic E-state index is 12.5. The Morgan fingerprint density at radius 2 is 2.05 bits per heavy atom. The summed E-state index contributed by atoms with van der Waals surface area (Å²) in [5.74, 6) is 0.832. The molecule has 0 saturated heterocycles. The summed E-state index contributed by atoms with van der Waals surface area (Å²) in [4.78, 5) is 18.0. The van der Waals surface area contributed by atoms with Crippen LogP contribution in [-0.2, 0) is 0 Å². The van der Waals surface area contributed by atoms with Gasteiger partial charge in [-0.1, -0.05) is 42.5 Å². The van der Waals surface area contributed by atoms with E-state index in [-0.39, 0.29) is 5.91 Å². The lowest BCUT2D eigenvalue weighted by Crippen LogP contribution is -2.12. The predicted molar refractivity (Wildman–Crippen MR) is 95.2 cm³/mol. The maximum Gasteiger partial charge on any atom is 0.258 e. The molecule has 22 heavy (non-hydrogen) atoms.